The molecule has 7 nitrogen and oxygen atoms in total. The molecule has 1 atom stereocenters. The Morgan fingerprint density at radius 2 is 2.09 bits per heavy atom. The number of hydrogen-bond acceptors (Lipinski definition) is 8. The van der Waals surface area contributed by atoms with Gasteiger partial charge in [-0.05, 0) is 64.0 Å². The summed E-state index contributed by atoms with van der Waals surface area (Å²) < 4.78 is 4.54. The Labute approximate surface area is 209 Å². The maximum atomic E-state index is 11.3. The minimum atomic E-state index is -0.784. The molecule has 184 valence electrons. The summed E-state index contributed by atoms with van der Waals surface area (Å²) >= 11 is 3.24. The number of fused-ring (bicyclic) bond motifs is 1. The minimum absolute atomic E-state index is 0.0733. The van der Waals surface area contributed by atoms with Gasteiger partial charge in [-0.15, -0.1) is 22.7 Å². The lowest BCUT2D eigenvalue weighted by Gasteiger charge is -2.17. The van der Waals surface area contributed by atoms with Crippen molar-refractivity contribution >= 4 is 34.5 Å². The molecule has 0 amide bonds. The Bertz CT molecular complexity index is 1050. The molecule has 9 heteroatoms. The lowest BCUT2D eigenvalue weighted by Crippen LogP contribution is -2.14. The smallest absolute Gasteiger partial charge is 0.304 e. The standard InChI is InChI=1S/C22H26N4O2S2.C3H8O/c1-14-24-12-19(30-14)16(11-21(27)28)10-18-13-29-20(25-18)6-2-5-17-8-7-15-4-3-9-23-22(15)26-17;1-3-4-2/h7-8,12-13,16H,2-6,9-11H2,1H3,(H,23,26)(H,27,28);3H2,1-2H3. The highest BCUT2D eigenvalue weighted by Gasteiger charge is 2.20. The number of nitrogens with one attached hydrogen (secondary N) is 1. The zero-order valence-electron chi connectivity index (χ0n) is 20.2. The maximum Gasteiger partial charge on any atom is 0.304 e. The average molecular weight is 503 g/mol. The summed E-state index contributed by atoms with van der Waals surface area (Å²) in [6, 6.07) is 4.35. The van der Waals surface area contributed by atoms with Crippen molar-refractivity contribution in [2.75, 3.05) is 25.6 Å². The van der Waals surface area contributed by atoms with Gasteiger partial charge in [-0.3, -0.25) is 4.79 Å². The molecule has 1 aliphatic rings. The number of nitrogens with zero attached hydrogens (tertiary/aromatic N) is 3. The first-order valence-electron chi connectivity index (χ1n) is 11.8. The van der Waals surface area contributed by atoms with Gasteiger partial charge >= 0.3 is 5.97 Å². The summed E-state index contributed by atoms with van der Waals surface area (Å²) in [5.74, 6) is 0.197. The van der Waals surface area contributed by atoms with Crippen LogP contribution < -0.4 is 5.32 Å². The predicted octanol–water partition coefficient (Wildman–Crippen LogP) is 5.29. The second-order valence-corrected chi connectivity index (χ2v) is 10.5. The third-order valence-corrected chi connectivity index (χ3v) is 7.61. The number of carboxylic acid groups (broad SMARTS) is 1. The third kappa shape index (κ3) is 8.14. The van der Waals surface area contributed by atoms with E-state index in [9.17, 15) is 9.90 Å². The first-order chi connectivity index (χ1) is 16.5. The van der Waals surface area contributed by atoms with Gasteiger partial charge in [0.1, 0.15) is 5.82 Å². The van der Waals surface area contributed by atoms with Crippen LogP contribution >= 0.6 is 22.7 Å². The van der Waals surface area contributed by atoms with Crippen molar-refractivity contribution in [1.29, 1.82) is 0 Å². The number of aryl methyl sites for hydroxylation is 4. The summed E-state index contributed by atoms with van der Waals surface area (Å²) in [7, 11) is 1.68. The molecule has 4 rings (SSSR count). The Balaban J connectivity index is 0.000000751. The van der Waals surface area contributed by atoms with Crippen LogP contribution in [0, 0.1) is 6.92 Å². The van der Waals surface area contributed by atoms with Gasteiger partial charge in [0.2, 0.25) is 0 Å². The number of carbonyl (C=O) groups is 1. The molecule has 0 fully saturated rings. The number of ether oxygens (including phenoxy) is 1. The fourth-order valence-electron chi connectivity index (χ4n) is 3.79. The molecule has 3 aromatic rings. The lowest BCUT2D eigenvalue weighted by molar-refractivity contribution is -0.137. The van der Waals surface area contributed by atoms with E-state index in [0.29, 0.717) is 6.42 Å². The number of anilines is 1. The van der Waals surface area contributed by atoms with Gasteiger partial charge in [-0.1, -0.05) is 6.07 Å². The van der Waals surface area contributed by atoms with Crippen LogP contribution in [0.3, 0.4) is 0 Å². The van der Waals surface area contributed by atoms with E-state index in [0.717, 1.165) is 70.9 Å². The van der Waals surface area contributed by atoms with E-state index in [-0.39, 0.29) is 12.3 Å². The Hall–Kier alpha value is -2.36. The topological polar surface area (TPSA) is 97.2 Å². The van der Waals surface area contributed by atoms with Crippen molar-refractivity contribution in [2.24, 2.45) is 0 Å². The number of carboxylic acids is 1. The van der Waals surface area contributed by atoms with Crippen LogP contribution in [0.15, 0.2) is 23.7 Å². The molecule has 0 aliphatic carbocycles. The zero-order chi connectivity index (χ0) is 24.3. The summed E-state index contributed by atoms with van der Waals surface area (Å²) in [5.41, 5.74) is 3.42. The Morgan fingerprint density at radius 1 is 1.26 bits per heavy atom. The van der Waals surface area contributed by atoms with Crippen LogP contribution in [0.25, 0.3) is 0 Å². The fraction of sp³-hybridized carbons (Fsp3) is 0.520. The van der Waals surface area contributed by atoms with Crippen molar-refractivity contribution in [1.82, 2.24) is 15.0 Å². The number of thiazole rings is 2. The van der Waals surface area contributed by atoms with E-state index in [1.165, 1.54) is 12.0 Å². The van der Waals surface area contributed by atoms with Crippen LogP contribution in [0.4, 0.5) is 5.82 Å². The first kappa shape index (κ1) is 26.2. The molecule has 3 aromatic heterocycles. The van der Waals surface area contributed by atoms with E-state index in [2.05, 4.69) is 32.6 Å². The van der Waals surface area contributed by atoms with Crippen molar-refractivity contribution in [2.45, 2.75) is 64.7 Å². The molecule has 1 aliphatic heterocycles. The first-order valence-corrected chi connectivity index (χ1v) is 13.5. The lowest BCUT2D eigenvalue weighted by atomic mass is 9.98. The highest BCUT2D eigenvalue weighted by molar-refractivity contribution is 7.11. The van der Waals surface area contributed by atoms with Crippen LogP contribution in [0.1, 0.15) is 63.9 Å². The van der Waals surface area contributed by atoms with Gasteiger partial charge in [-0.25, -0.2) is 15.0 Å². The fourth-order valence-corrected chi connectivity index (χ4v) is 5.53. The number of hydrogen-bond donors (Lipinski definition) is 2. The second kappa shape index (κ2) is 13.5. The third-order valence-electron chi connectivity index (χ3n) is 5.58. The monoisotopic (exact) mass is 502 g/mol. The number of rotatable bonds is 10. The predicted molar refractivity (Wildman–Crippen MR) is 138 cm³/mol. The molecule has 0 saturated carbocycles. The van der Waals surface area contributed by atoms with Crippen LogP contribution in [0.5, 0.6) is 0 Å². The molecule has 0 bridgehead atoms. The maximum absolute atomic E-state index is 11.3. The summed E-state index contributed by atoms with van der Waals surface area (Å²) in [6.07, 6.45) is 7.70. The average Bonchev–Trinajstić information content (AvgIpc) is 3.47. The van der Waals surface area contributed by atoms with E-state index < -0.39 is 5.97 Å². The van der Waals surface area contributed by atoms with Gasteiger partial charge in [0.15, 0.2) is 0 Å². The molecule has 34 heavy (non-hydrogen) atoms. The number of aliphatic carboxylic acids is 1. The van der Waals surface area contributed by atoms with Crippen LogP contribution in [-0.2, 0) is 35.2 Å². The summed E-state index contributed by atoms with van der Waals surface area (Å²) in [5, 5.41) is 16.8. The van der Waals surface area contributed by atoms with Gasteiger partial charge in [0.05, 0.1) is 22.1 Å². The van der Waals surface area contributed by atoms with Gasteiger partial charge in [0, 0.05) is 48.3 Å². The Morgan fingerprint density at radius 3 is 2.79 bits per heavy atom. The highest BCUT2D eigenvalue weighted by atomic mass is 32.1. The summed E-state index contributed by atoms with van der Waals surface area (Å²) in [6.45, 7) is 5.73. The summed E-state index contributed by atoms with van der Waals surface area (Å²) in [4.78, 5) is 26.1. The van der Waals surface area contributed by atoms with Crippen LogP contribution in [0.2, 0.25) is 0 Å². The van der Waals surface area contributed by atoms with Gasteiger partial charge in [-0.2, -0.15) is 0 Å². The molecule has 0 spiro atoms. The van der Waals surface area contributed by atoms with Crippen molar-refractivity contribution in [3.05, 3.63) is 55.6 Å². The molecule has 4 heterocycles. The van der Waals surface area contributed by atoms with Crippen molar-refractivity contribution in [3.8, 4) is 0 Å². The normalized spacial score (nSPS) is 13.4. The molecular weight excluding hydrogens is 468 g/mol. The van der Waals surface area contributed by atoms with E-state index >= 15 is 0 Å². The second-order valence-electron chi connectivity index (χ2n) is 8.28. The van der Waals surface area contributed by atoms with E-state index in [1.54, 1.807) is 36.0 Å². The number of aromatic nitrogens is 3. The zero-order valence-corrected chi connectivity index (χ0v) is 21.8. The van der Waals surface area contributed by atoms with Gasteiger partial charge < -0.3 is 15.2 Å². The van der Waals surface area contributed by atoms with Gasteiger partial charge in [0.25, 0.3) is 0 Å². The SMILES string of the molecule is CCOC.Cc1ncc(C(CC(=O)O)Cc2csc(CCCc3ccc4c(n3)NCCC4)n2)s1. The molecule has 1 unspecified atom stereocenters. The molecule has 0 saturated heterocycles. The largest absolute Gasteiger partial charge is 0.481 e. The highest BCUT2D eigenvalue weighted by Crippen LogP contribution is 2.29. The molecular formula is C25H34N4O3S2. The van der Waals surface area contributed by atoms with Crippen molar-refractivity contribution in [3.63, 3.8) is 0 Å². The Kier molecular flexibility index (Phi) is 10.4. The minimum Gasteiger partial charge on any atom is -0.481 e. The van der Waals surface area contributed by atoms with E-state index in [4.69, 9.17) is 9.97 Å². The molecule has 0 aromatic carbocycles. The molecule has 2 N–H and O–H groups in total. The van der Waals surface area contributed by atoms with Crippen LogP contribution in [-0.4, -0.2) is 46.3 Å². The quantitative estimate of drug-likeness (QED) is 0.389. The van der Waals surface area contributed by atoms with Crippen molar-refractivity contribution < 1.29 is 14.6 Å². The van der Waals surface area contributed by atoms with E-state index in [1.807, 2.05) is 13.8 Å². The molecule has 0 radical (unpaired) electrons. The number of pyridine rings is 1. The number of methoxy groups -OCH3 is 1.